The molecule has 0 unspecified atom stereocenters. The summed E-state index contributed by atoms with van der Waals surface area (Å²) in [6.07, 6.45) is 7.82. The average molecular weight is 364 g/mol. The van der Waals surface area contributed by atoms with Gasteiger partial charge in [-0.1, -0.05) is 30.3 Å². The molecule has 3 heterocycles. The van der Waals surface area contributed by atoms with Crippen molar-refractivity contribution in [1.82, 2.24) is 14.9 Å². The highest BCUT2D eigenvalue weighted by Gasteiger charge is 2.25. The van der Waals surface area contributed by atoms with E-state index >= 15 is 0 Å². The Labute approximate surface area is 161 Å². The third-order valence-corrected chi connectivity index (χ3v) is 5.76. The molecule has 2 aliphatic heterocycles. The van der Waals surface area contributed by atoms with E-state index in [0.29, 0.717) is 11.8 Å². The lowest BCUT2D eigenvalue weighted by Gasteiger charge is -2.33. The SMILES string of the molecule is O=C(CC1CCN(c2ccnc(Cc3ccccc3)n2)CC1)N1CCCC1. The molecule has 2 aromatic rings. The Balaban J connectivity index is 1.31. The summed E-state index contributed by atoms with van der Waals surface area (Å²) in [4.78, 5) is 26.0. The van der Waals surface area contributed by atoms with Crippen molar-refractivity contribution in [1.29, 1.82) is 0 Å². The lowest BCUT2D eigenvalue weighted by molar-refractivity contribution is -0.131. The van der Waals surface area contributed by atoms with Crippen molar-refractivity contribution in [3.8, 4) is 0 Å². The van der Waals surface area contributed by atoms with Crippen LogP contribution in [-0.2, 0) is 11.2 Å². The molecule has 2 fully saturated rings. The number of carbonyl (C=O) groups is 1. The average Bonchev–Trinajstić information content (AvgIpc) is 3.25. The van der Waals surface area contributed by atoms with E-state index in [1.165, 1.54) is 18.4 Å². The molecule has 1 aromatic carbocycles. The fourth-order valence-corrected chi connectivity index (χ4v) is 4.14. The van der Waals surface area contributed by atoms with Gasteiger partial charge in [0.1, 0.15) is 11.6 Å². The first kappa shape index (κ1) is 18.0. The van der Waals surface area contributed by atoms with Crippen LogP contribution in [0.5, 0.6) is 0 Å². The molecule has 2 aliphatic rings. The number of aromatic nitrogens is 2. The van der Waals surface area contributed by atoms with E-state index in [-0.39, 0.29) is 0 Å². The highest BCUT2D eigenvalue weighted by molar-refractivity contribution is 5.76. The molecule has 142 valence electrons. The number of likely N-dealkylation sites (tertiary alicyclic amines) is 1. The van der Waals surface area contributed by atoms with E-state index < -0.39 is 0 Å². The minimum atomic E-state index is 0.359. The van der Waals surface area contributed by atoms with Crippen LogP contribution in [0.1, 0.15) is 43.5 Å². The summed E-state index contributed by atoms with van der Waals surface area (Å²) in [6, 6.07) is 12.3. The minimum Gasteiger partial charge on any atom is -0.356 e. The number of amides is 1. The third kappa shape index (κ3) is 4.65. The number of nitrogens with zero attached hydrogens (tertiary/aromatic N) is 4. The van der Waals surface area contributed by atoms with Crippen molar-refractivity contribution in [2.45, 2.75) is 38.5 Å². The normalized spacial score (nSPS) is 18.1. The molecule has 1 aromatic heterocycles. The van der Waals surface area contributed by atoms with E-state index in [9.17, 15) is 4.79 Å². The Bertz CT molecular complexity index is 750. The highest BCUT2D eigenvalue weighted by atomic mass is 16.2. The maximum absolute atomic E-state index is 12.4. The number of benzene rings is 1. The highest BCUT2D eigenvalue weighted by Crippen LogP contribution is 2.25. The second-order valence-electron chi connectivity index (χ2n) is 7.72. The zero-order chi connectivity index (χ0) is 18.5. The van der Waals surface area contributed by atoms with Crippen molar-refractivity contribution < 1.29 is 4.79 Å². The van der Waals surface area contributed by atoms with Crippen molar-refractivity contribution >= 4 is 11.7 Å². The summed E-state index contributed by atoms with van der Waals surface area (Å²) in [7, 11) is 0. The van der Waals surface area contributed by atoms with Crippen molar-refractivity contribution in [2.75, 3.05) is 31.1 Å². The molecular weight excluding hydrogens is 336 g/mol. The van der Waals surface area contributed by atoms with E-state index in [2.05, 4.69) is 22.0 Å². The number of piperidine rings is 1. The Morgan fingerprint density at radius 2 is 1.74 bits per heavy atom. The molecule has 5 heteroatoms. The number of carbonyl (C=O) groups excluding carboxylic acids is 1. The van der Waals surface area contributed by atoms with Crippen molar-refractivity contribution in [3.05, 3.63) is 54.0 Å². The van der Waals surface area contributed by atoms with Gasteiger partial charge in [0.25, 0.3) is 0 Å². The number of anilines is 1. The summed E-state index contributed by atoms with van der Waals surface area (Å²) in [5, 5.41) is 0. The van der Waals surface area contributed by atoms with Gasteiger partial charge in [-0.3, -0.25) is 4.79 Å². The Morgan fingerprint density at radius 3 is 2.48 bits per heavy atom. The molecule has 4 rings (SSSR count). The molecule has 27 heavy (non-hydrogen) atoms. The second kappa shape index (κ2) is 8.51. The molecule has 1 amide bonds. The first-order valence-electron chi connectivity index (χ1n) is 10.2. The van der Waals surface area contributed by atoms with Gasteiger partial charge in [0.2, 0.25) is 5.91 Å². The summed E-state index contributed by atoms with van der Waals surface area (Å²) >= 11 is 0. The molecule has 0 aliphatic carbocycles. The largest absolute Gasteiger partial charge is 0.356 e. The Kier molecular flexibility index (Phi) is 5.66. The topological polar surface area (TPSA) is 49.3 Å². The zero-order valence-corrected chi connectivity index (χ0v) is 15.9. The lowest BCUT2D eigenvalue weighted by Crippen LogP contribution is -2.37. The molecule has 5 nitrogen and oxygen atoms in total. The smallest absolute Gasteiger partial charge is 0.222 e. The minimum absolute atomic E-state index is 0.359. The summed E-state index contributed by atoms with van der Waals surface area (Å²) in [6.45, 7) is 3.87. The van der Waals surface area contributed by atoms with Crippen LogP contribution < -0.4 is 4.90 Å². The quantitative estimate of drug-likeness (QED) is 0.817. The van der Waals surface area contributed by atoms with Gasteiger partial charge in [0, 0.05) is 45.2 Å². The predicted molar refractivity (Wildman–Crippen MR) is 107 cm³/mol. The van der Waals surface area contributed by atoms with Crippen LogP contribution >= 0.6 is 0 Å². The van der Waals surface area contributed by atoms with Crippen LogP contribution in [0, 0.1) is 5.92 Å². The van der Waals surface area contributed by atoms with Crippen LogP contribution in [0.4, 0.5) is 5.82 Å². The first-order chi connectivity index (χ1) is 13.3. The van der Waals surface area contributed by atoms with E-state index in [1.807, 2.05) is 35.4 Å². The van der Waals surface area contributed by atoms with Gasteiger partial charge < -0.3 is 9.80 Å². The molecule has 2 saturated heterocycles. The third-order valence-electron chi connectivity index (χ3n) is 5.76. The van der Waals surface area contributed by atoms with Gasteiger partial charge in [0.05, 0.1) is 0 Å². The maximum atomic E-state index is 12.4. The van der Waals surface area contributed by atoms with Gasteiger partial charge in [-0.25, -0.2) is 9.97 Å². The van der Waals surface area contributed by atoms with Crippen LogP contribution in [-0.4, -0.2) is 47.0 Å². The molecular formula is C22H28N4O. The van der Waals surface area contributed by atoms with Crippen LogP contribution in [0.15, 0.2) is 42.6 Å². The Morgan fingerprint density at radius 1 is 1.00 bits per heavy atom. The second-order valence-corrected chi connectivity index (χ2v) is 7.72. The number of hydrogen-bond donors (Lipinski definition) is 0. The fraction of sp³-hybridized carbons (Fsp3) is 0.500. The number of rotatable bonds is 5. The molecule has 0 N–H and O–H groups in total. The standard InChI is InChI=1S/C22H28N4O/c27-22(26-12-4-5-13-26)17-19-9-14-25(15-10-19)21-8-11-23-20(24-21)16-18-6-2-1-3-7-18/h1-3,6-8,11,19H,4-5,9-10,12-17H2. The van der Waals surface area contributed by atoms with Crippen LogP contribution in [0.3, 0.4) is 0 Å². The van der Waals surface area contributed by atoms with E-state index in [4.69, 9.17) is 4.98 Å². The zero-order valence-electron chi connectivity index (χ0n) is 15.9. The maximum Gasteiger partial charge on any atom is 0.222 e. The van der Waals surface area contributed by atoms with Gasteiger partial charge in [0.15, 0.2) is 0 Å². The molecule has 0 spiro atoms. The van der Waals surface area contributed by atoms with Gasteiger partial charge in [-0.05, 0) is 43.2 Å². The molecule has 0 radical (unpaired) electrons. The lowest BCUT2D eigenvalue weighted by atomic mass is 9.93. The predicted octanol–water partition coefficient (Wildman–Crippen LogP) is 3.30. The van der Waals surface area contributed by atoms with Crippen LogP contribution in [0.25, 0.3) is 0 Å². The van der Waals surface area contributed by atoms with E-state index in [1.54, 1.807) is 0 Å². The van der Waals surface area contributed by atoms with Gasteiger partial charge >= 0.3 is 0 Å². The summed E-state index contributed by atoms with van der Waals surface area (Å²) < 4.78 is 0. The monoisotopic (exact) mass is 364 g/mol. The van der Waals surface area contributed by atoms with Gasteiger partial charge in [-0.2, -0.15) is 0 Å². The summed E-state index contributed by atoms with van der Waals surface area (Å²) in [5.74, 6) is 2.75. The number of hydrogen-bond acceptors (Lipinski definition) is 4. The van der Waals surface area contributed by atoms with Crippen molar-refractivity contribution in [3.63, 3.8) is 0 Å². The van der Waals surface area contributed by atoms with Gasteiger partial charge in [-0.15, -0.1) is 0 Å². The van der Waals surface area contributed by atoms with Crippen LogP contribution in [0.2, 0.25) is 0 Å². The Hall–Kier alpha value is -2.43. The molecule has 0 bridgehead atoms. The molecule has 0 atom stereocenters. The van der Waals surface area contributed by atoms with Crippen molar-refractivity contribution in [2.24, 2.45) is 5.92 Å². The first-order valence-corrected chi connectivity index (χ1v) is 10.2. The fourth-order valence-electron chi connectivity index (χ4n) is 4.14. The van der Waals surface area contributed by atoms with E-state index in [0.717, 1.165) is 63.5 Å². The summed E-state index contributed by atoms with van der Waals surface area (Å²) in [5.41, 5.74) is 1.23. The molecule has 0 saturated carbocycles.